The molecule has 0 bridgehead atoms. The monoisotopic (exact) mass is 185 g/mol. The van der Waals surface area contributed by atoms with E-state index in [2.05, 4.69) is 43.3 Å². The lowest BCUT2D eigenvalue weighted by molar-refractivity contribution is 0.824. The molecule has 0 aromatic carbocycles. The maximum Gasteiger partial charge on any atom is 0.0272 e. The average Bonchev–Trinajstić information content (AvgIpc) is 2.41. The number of hydrogen-bond acceptors (Lipinski definition) is 1. The predicted octanol–water partition coefficient (Wildman–Crippen LogP) is 3.12. The molecule has 0 aliphatic heterocycles. The zero-order valence-corrected chi connectivity index (χ0v) is 8.62. The minimum atomic E-state index is 0.107. The fraction of sp³-hybridized carbons (Fsp3) is 0.231. The first kappa shape index (κ1) is 9.22. The Bertz CT molecular complexity index is 418. The second-order valence-corrected chi connectivity index (χ2v) is 3.86. The van der Waals surface area contributed by atoms with Gasteiger partial charge < -0.3 is 5.73 Å². The molecule has 0 amide bonds. The molecule has 0 fully saturated rings. The first-order valence-corrected chi connectivity index (χ1v) is 4.93. The molecule has 0 heterocycles. The maximum absolute atomic E-state index is 5.90. The van der Waals surface area contributed by atoms with Gasteiger partial charge in [0.15, 0.2) is 0 Å². The van der Waals surface area contributed by atoms with Crippen molar-refractivity contribution in [1.82, 2.24) is 0 Å². The third kappa shape index (κ3) is 1.51. The van der Waals surface area contributed by atoms with Crippen molar-refractivity contribution in [3.63, 3.8) is 0 Å². The van der Waals surface area contributed by atoms with Crippen molar-refractivity contribution < 1.29 is 0 Å². The summed E-state index contributed by atoms with van der Waals surface area (Å²) in [5.41, 5.74) is 11.0. The molecule has 1 nitrogen and oxygen atoms in total. The van der Waals surface area contributed by atoms with Crippen molar-refractivity contribution in [2.45, 2.75) is 19.9 Å². The van der Waals surface area contributed by atoms with Gasteiger partial charge in [-0.2, -0.15) is 0 Å². The molecule has 14 heavy (non-hydrogen) atoms. The highest BCUT2D eigenvalue weighted by molar-refractivity contribution is 5.71. The summed E-state index contributed by atoms with van der Waals surface area (Å²) in [5.74, 6) is 0. The van der Waals surface area contributed by atoms with Crippen LogP contribution in [0.4, 0.5) is 0 Å². The predicted molar refractivity (Wildman–Crippen MR) is 60.4 cm³/mol. The van der Waals surface area contributed by atoms with Crippen LogP contribution < -0.4 is 5.73 Å². The van der Waals surface area contributed by atoms with Gasteiger partial charge in [0.2, 0.25) is 0 Å². The summed E-state index contributed by atoms with van der Waals surface area (Å²) in [6.45, 7) is 4.13. The lowest BCUT2D eigenvalue weighted by Gasteiger charge is -2.04. The molecule has 2 N–H and O–H groups in total. The SMILES string of the molecule is Cc1cccc2c(C(C)N)ccc-2c1. The van der Waals surface area contributed by atoms with Crippen LogP contribution in [-0.2, 0) is 0 Å². The highest BCUT2D eigenvalue weighted by Gasteiger charge is 2.10. The van der Waals surface area contributed by atoms with E-state index in [1.165, 1.54) is 22.3 Å². The Labute approximate surface area is 84.9 Å². The number of hydrogen-bond donors (Lipinski definition) is 1. The van der Waals surface area contributed by atoms with Crippen molar-refractivity contribution in [3.05, 3.63) is 47.5 Å². The highest BCUT2D eigenvalue weighted by Crippen LogP contribution is 2.30. The van der Waals surface area contributed by atoms with Crippen molar-refractivity contribution in [1.29, 1.82) is 0 Å². The van der Waals surface area contributed by atoms with Gasteiger partial charge in [-0.25, -0.2) is 0 Å². The van der Waals surface area contributed by atoms with Gasteiger partial charge in [-0.05, 0) is 30.5 Å². The van der Waals surface area contributed by atoms with E-state index in [0.717, 1.165) is 0 Å². The summed E-state index contributed by atoms with van der Waals surface area (Å²) >= 11 is 0. The standard InChI is InChI=1S/C13H15N/c1-9-4-3-5-13-11(8-9)6-7-12(13)10(2)14/h3-8,10H,14H2,1-2H3. The molecule has 0 saturated heterocycles. The van der Waals surface area contributed by atoms with Crippen LogP contribution in [0.5, 0.6) is 0 Å². The topological polar surface area (TPSA) is 26.0 Å². The van der Waals surface area contributed by atoms with Crippen LogP contribution in [0.1, 0.15) is 24.1 Å². The minimum absolute atomic E-state index is 0.107. The van der Waals surface area contributed by atoms with E-state index < -0.39 is 0 Å². The molecule has 1 heteroatoms. The third-order valence-corrected chi connectivity index (χ3v) is 2.56. The Kier molecular flexibility index (Phi) is 2.26. The van der Waals surface area contributed by atoms with Gasteiger partial charge >= 0.3 is 0 Å². The van der Waals surface area contributed by atoms with Crippen LogP contribution in [0.15, 0.2) is 36.4 Å². The van der Waals surface area contributed by atoms with E-state index in [1.54, 1.807) is 0 Å². The Morgan fingerprint density at radius 1 is 1.14 bits per heavy atom. The van der Waals surface area contributed by atoms with E-state index in [9.17, 15) is 0 Å². The zero-order valence-electron chi connectivity index (χ0n) is 8.62. The van der Waals surface area contributed by atoms with Crippen molar-refractivity contribution >= 4 is 0 Å². The number of fused-ring (bicyclic) bond motifs is 1. The lowest BCUT2D eigenvalue weighted by Crippen LogP contribution is -2.04. The molecule has 0 radical (unpaired) electrons. The number of aryl methyl sites for hydroxylation is 1. The molecular formula is C13H15N. The maximum atomic E-state index is 5.90. The van der Waals surface area contributed by atoms with Crippen LogP contribution in [0.25, 0.3) is 11.1 Å². The van der Waals surface area contributed by atoms with Crippen LogP contribution >= 0.6 is 0 Å². The first-order valence-electron chi connectivity index (χ1n) is 4.93. The van der Waals surface area contributed by atoms with E-state index in [4.69, 9.17) is 5.73 Å². The van der Waals surface area contributed by atoms with Crippen molar-refractivity contribution in [2.75, 3.05) is 0 Å². The summed E-state index contributed by atoms with van der Waals surface area (Å²) in [4.78, 5) is 0. The lowest BCUT2D eigenvalue weighted by atomic mass is 10.1. The molecule has 0 aromatic rings. The van der Waals surface area contributed by atoms with Gasteiger partial charge in [0.05, 0.1) is 0 Å². The van der Waals surface area contributed by atoms with Crippen molar-refractivity contribution in [3.8, 4) is 11.1 Å². The highest BCUT2D eigenvalue weighted by atomic mass is 14.6. The third-order valence-electron chi connectivity index (χ3n) is 2.56. The second kappa shape index (κ2) is 3.43. The molecule has 2 rings (SSSR count). The second-order valence-electron chi connectivity index (χ2n) is 3.86. The normalized spacial score (nSPS) is 13.1. The molecular weight excluding hydrogens is 170 g/mol. The van der Waals surface area contributed by atoms with Gasteiger partial charge in [-0.15, -0.1) is 0 Å². The Balaban J connectivity index is 2.62. The van der Waals surface area contributed by atoms with Gasteiger partial charge in [0.25, 0.3) is 0 Å². The van der Waals surface area contributed by atoms with Gasteiger partial charge in [0, 0.05) is 6.04 Å². The van der Waals surface area contributed by atoms with E-state index in [1.807, 2.05) is 6.92 Å². The van der Waals surface area contributed by atoms with Crippen LogP contribution in [0.3, 0.4) is 0 Å². The Morgan fingerprint density at radius 3 is 2.64 bits per heavy atom. The summed E-state index contributed by atoms with van der Waals surface area (Å²) in [6.07, 6.45) is 0. The van der Waals surface area contributed by atoms with E-state index >= 15 is 0 Å². The van der Waals surface area contributed by atoms with Crippen LogP contribution in [0, 0.1) is 6.92 Å². The fourth-order valence-electron chi connectivity index (χ4n) is 1.83. The molecule has 1 unspecified atom stereocenters. The van der Waals surface area contributed by atoms with Crippen LogP contribution in [0.2, 0.25) is 0 Å². The number of rotatable bonds is 1. The largest absolute Gasteiger partial charge is 0.324 e. The van der Waals surface area contributed by atoms with Crippen molar-refractivity contribution in [2.24, 2.45) is 5.73 Å². The fourth-order valence-corrected chi connectivity index (χ4v) is 1.83. The smallest absolute Gasteiger partial charge is 0.0272 e. The summed E-state index contributed by atoms with van der Waals surface area (Å²) in [5, 5.41) is 0. The molecule has 1 atom stereocenters. The van der Waals surface area contributed by atoms with Gasteiger partial charge in [0.1, 0.15) is 0 Å². The number of nitrogens with two attached hydrogens (primary N) is 1. The zero-order chi connectivity index (χ0) is 10.1. The summed E-state index contributed by atoms with van der Waals surface area (Å²) in [6, 6.07) is 12.9. The molecule has 2 aliphatic rings. The Morgan fingerprint density at radius 2 is 1.93 bits per heavy atom. The van der Waals surface area contributed by atoms with Gasteiger partial charge in [-0.1, -0.05) is 42.0 Å². The first-order chi connectivity index (χ1) is 6.68. The molecule has 0 spiro atoms. The average molecular weight is 185 g/mol. The molecule has 0 saturated carbocycles. The Hall–Kier alpha value is -1.34. The van der Waals surface area contributed by atoms with Crippen LogP contribution in [-0.4, -0.2) is 0 Å². The summed E-state index contributed by atoms with van der Waals surface area (Å²) in [7, 11) is 0. The summed E-state index contributed by atoms with van der Waals surface area (Å²) < 4.78 is 0. The van der Waals surface area contributed by atoms with E-state index in [-0.39, 0.29) is 6.04 Å². The quantitative estimate of drug-likeness (QED) is 0.725. The van der Waals surface area contributed by atoms with E-state index in [0.29, 0.717) is 0 Å². The molecule has 0 aromatic heterocycles. The van der Waals surface area contributed by atoms with Gasteiger partial charge in [-0.3, -0.25) is 0 Å². The molecule has 2 aliphatic carbocycles. The molecule has 72 valence electrons. The minimum Gasteiger partial charge on any atom is -0.324 e.